The van der Waals surface area contributed by atoms with E-state index in [0.717, 1.165) is 12.8 Å². The third-order valence-electron chi connectivity index (χ3n) is 2.35. The third kappa shape index (κ3) is 1.69. The number of nitrogens with one attached hydrogen (secondary N) is 1. The molecule has 0 aliphatic heterocycles. The van der Waals surface area contributed by atoms with Crippen LogP contribution in [-0.2, 0) is 0 Å². The summed E-state index contributed by atoms with van der Waals surface area (Å²) in [5.41, 5.74) is 0.650. The van der Waals surface area contributed by atoms with Gasteiger partial charge in [-0.15, -0.1) is 0 Å². The second-order valence-electron chi connectivity index (χ2n) is 3.69. The van der Waals surface area contributed by atoms with Gasteiger partial charge in [0.25, 0.3) is 0 Å². The van der Waals surface area contributed by atoms with Crippen molar-refractivity contribution >= 4 is 11.7 Å². The Morgan fingerprint density at radius 3 is 3.12 bits per heavy atom. The van der Waals surface area contributed by atoms with Gasteiger partial charge in [-0.3, -0.25) is 0 Å². The predicted octanol–water partition coefficient (Wildman–Crippen LogP) is 0.980. The Balaban J connectivity index is 1.82. The highest BCUT2D eigenvalue weighted by molar-refractivity contribution is 5.70. The van der Waals surface area contributed by atoms with Crippen LogP contribution in [0, 0.1) is 0 Å². The van der Waals surface area contributed by atoms with E-state index in [1.54, 1.807) is 24.5 Å². The number of hydrogen-bond acceptors (Lipinski definition) is 4. The topological polar surface area (TPSA) is 68.5 Å². The van der Waals surface area contributed by atoms with Crippen molar-refractivity contribution in [2.75, 3.05) is 0 Å². The number of hydrogen-bond donors (Lipinski definition) is 1. The number of carbonyl (C=O) groups is 1. The van der Waals surface area contributed by atoms with Crippen LogP contribution < -0.4 is 10.1 Å². The molecule has 2 heterocycles. The second kappa shape index (κ2) is 3.48. The molecule has 0 saturated heterocycles. The monoisotopic (exact) mass is 218 g/mol. The minimum Gasteiger partial charge on any atom is -0.391 e. The summed E-state index contributed by atoms with van der Waals surface area (Å²) in [6.45, 7) is 0. The lowest BCUT2D eigenvalue weighted by Crippen LogP contribution is -2.29. The Labute approximate surface area is 91.2 Å². The Bertz CT molecular complexity index is 532. The van der Waals surface area contributed by atoms with Crippen molar-refractivity contribution in [2.45, 2.75) is 18.9 Å². The van der Waals surface area contributed by atoms with Crippen molar-refractivity contribution in [1.29, 1.82) is 0 Å². The first kappa shape index (κ1) is 9.14. The van der Waals surface area contributed by atoms with Crippen LogP contribution in [0.4, 0.5) is 4.79 Å². The molecular weight excluding hydrogens is 208 g/mol. The maximum absolute atomic E-state index is 11.4. The van der Waals surface area contributed by atoms with E-state index >= 15 is 0 Å². The molecule has 1 aliphatic carbocycles. The maximum Gasteiger partial charge on any atom is 0.414 e. The number of rotatable bonds is 2. The first-order valence-corrected chi connectivity index (χ1v) is 5.10. The molecule has 1 aliphatic rings. The SMILES string of the molecule is O=C(NC1CC1)Oc1ccnc2ccnn12. The quantitative estimate of drug-likeness (QED) is 0.815. The van der Waals surface area contributed by atoms with Gasteiger partial charge in [-0.25, -0.2) is 9.78 Å². The van der Waals surface area contributed by atoms with Gasteiger partial charge >= 0.3 is 6.09 Å². The van der Waals surface area contributed by atoms with Gasteiger partial charge in [0.2, 0.25) is 5.88 Å². The van der Waals surface area contributed by atoms with Crippen LogP contribution in [-0.4, -0.2) is 26.7 Å². The van der Waals surface area contributed by atoms with Crippen molar-refractivity contribution in [3.8, 4) is 5.88 Å². The first-order chi connectivity index (χ1) is 7.83. The Kier molecular flexibility index (Phi) is 1.99. The van der Waals surface area contributed by atoms with Crippen molar-refractivity contribution in [2.24, 2.45) is 0 Å². The lowest BCUT2D eigenvalue weighted by molar-refractivity contribution is 0.197. The molecule has 1 amide bonds. The molecule has 0 atom stereocenters. The van der Waals surface area contributed by atoms with E-state index in [0.29, 0.717) is 11.5 Å². The average Bonchev–Trinajstić information content (AvgIpc) is 2.94. The highest BCUT2D eigenvalue weighted by atomic mass is 16.6. The van der Waals surface area contributed by atoms with Crippen molar-refractivity contribution in [3.63, 3.8) is 0 Å². The highest BCUT2D eigenvalue weighted by Crippen LogP contribution is 2.19. The maximum atomic E-state index is 11.4. The molecule has 82 valence electrons. The smallest absolute Gasteiger partial charge is 0.391 e. The lowest BCUT2D eigenvalue weighted by Gasteiger charge is -2.06. The summed E-state index contributed by atoms with van der Waals surface area (Å²) < 4.78 is 6.63. The van der Waals surface area contributed by atoms with Gasteiger partial charge < -0.3 is 10.1 Å². The summed E-state index contributed by atoms with van der Waals surface area (Å²) in [5, 5.41) is 6.75. The molecule has 6 heteroatoms. The Morgan fingerprint density at radius 1 is 1.44 bits per heavy atom. The van der Waals surface area contributed by atoms with E-state index in [4.69, 9.17) is 4.74 Å². The molecule has 2 aromatic heterocycles. The number of carbonyl (C=O) groups excluding carboxylic acids is 1. The Morgan fingerprint density at radius 2 is 2.31 bits per heavy atom. The predicted molar refractivity (Wildman–Crippen MR) is 55.2 cm³/mol. The van der Waals surface area contributed by atoms with E-state index in [2.05, 4.69) is 15.4 Å². The Hall–Kier alpha value is -2.11. The minimum atomic E-state index is -0.439. The van der Waals surface area contributed by atoms with Crippen LogP contribution in [0.3, 0.4) is 0 Å². The second-order valence-corrected chi connectivity index (χ2v) is 3.69. The molecule has 2 aromatic rings. The number of fused-ring (bicyclic) bond motifs is 1. The van der Waals surface area contributed by atoms with E-state index in [1.807, 2.05) is 0 Å². The van der Waals surface area contributed by atoms with Crippen LogP contribution in [0.2, 0.25) is 0 Å². The molecule has 1 fully saturated rings. The van der Waals surface area contributed by atoms with Crippen LogP contribution >= 0.6 is 0 Å². The van der Waals surface area contributed by atoms with Crippen molar-refractivity contribution < 1.29 is 9.53 Å². The van der Waals surface area contributed by atoms with Crippen LogP contribution in [0.25, 0.3) is 5.65 Å². The van der Waals surface area contributed by atoms with Gasteiger partial charge in [0.15, 0.2) is 5.65 Å². The zero-order valence-corrected chi connectivity index (χ0v) is 8.46. The summed E-state index contributed by atoms with van der Waals surface area (Å²) in [6.07, 6.45) is 4.81. The van der Waals surface area contributed by atoms with Crippen LogP contribution in [0.1, 0.15) is 12.8 Å². The summed E-state index contributed by atoms with van der Waals surface area (Å²) in [4.78, 5) is 15.5. The largest absolute Gasteiger partial charge is 0.414 e. The van der Waals surface area contributed by atoms with E-state index < -0.39 is 6.09 Å². The summed E-state index contributed by atoms with van der Waals surface area (Å²) >= 11 is 0. The molecule has 16 heavy (non-hydrogen) atoms. The fourth-order valence-electron chi connectivity index (χ4n) is 1.41. The minimum absolute atomic E-state index is 0.280. The van der Waals surface area contributed by atoms with Gasteiger partial charge in [0.1, 0.15) is 0 Å². The number of ether oxygens (including phenoxy) is 1. The van der Waals surface area contributed by atoms with Crippen LogP contribution in [0.15, 0.2) is 24.5 Å². The zero-order valence-electron chi connectivity index (χ0n) is 8.46. The van der Waals surface area contributed by atoms with E-state index in [1.165, 1.54) is 4.52 Å². The molecule has 0 aromatic carbocycles. The average molecular weight is 218 g/mol. The summed E-state index contributed by atoms with van der Waals surface area (Å²) in [5.74, 6) is 0.369. The third-order valence-corrected chi connectivity index (χ3v) is 2.35. The molecule has 3 rings (SSSR count). The molecule has 1 N–H and O–H groups in total. The highest BCUT2D eigenvalue weighted by Gasteiger charge is 2.24. The standard InChI is InChI=1S/C10H10N4O2/c15-10(13-7-1-2-7)16-9-4-5-11-8-3-6-12-14(8)9/h3-7H,1-2H2,(H,13,15). The van der Waals surface area contributed by atoms with Gasteiger partial charge in [0, 0.05) is 24.4 Å². The fourth-order valence-corrected chi connectivity index (χ4v) is 1.41. The van der Waals surface area contributed by atoms with E-state index in [9.17, 15) is 4.79 Å². The van der Waals surface area contributed by atoms with Gasteiger partial charge in [-0.2, -0.15) is 9.61 Å². The van der Waals surface area contributed by atoms with Gasteiger partial charge in [-0.05, 0) is 12.8 Å². The summed E-state index contributed by atoms with van der Waals surface area (Å²) in [6, 6.07) is 3.63. The lowest BCUT2D eigenvalue weighted by atomic mass is 10.6. The molecule has 0 spiro atoms. The molecule has 6 nitrogen and oxygen atoms in total. The normalized spacial score (nSPS) is 15.0. The number of nitrogens with zero attached hydrogens (tertiary/aromatic N) is 3. The molecule has 1 saturated carbocycles. The van der Waals surface area contributed by atoms with Crippen molar-refractivity contribution in [1.82, 2.24) is 19.9 Å². The summed E-state index contributed by atoms with van der Waals surface area (Å²) in [7, 11) is 0. The molecule has 0 bridgehead atoms. The van der Waals surface area contributed by atoms with Gasteiger partial charge in [0.05, 0.1) is 6.20 Å². The number of amides is 1. The van der Waals surface area contributed by atoms with Crippen molar-refractivity contribution in [3.05, 3.63) is 24.5 Å². The molecular formula is C10H10N4O2. The number of aromatic nitrogens is 3. The molecule has 0 radical (unpaired) electrons. The van der Waals surface area contributed by atoms with E-state index in [-0.39, 0.29) is 6.04 Å². The first-order valence-electron chi connectivity index (χ1n) is 5.10. The van der Waals surface area contributed by atoms with Gasteiger partial charge in [-0.1, -0.05) is 0 Å². The zero-order chi connectivity index (χ0) is 11.0. The fraction of sp³-hybridized carbons (Fsp3) is 0.300. The molecule has 0 unspecified atom stereocenters. The van der Waals surface area contributed by atoms with Crippen LogP contribution in [0.5, 0.6) is 5.88 Å².